The largest absolute Gasteiger partial charge is 0.337 e. The molecule has 0 spiro atoms. The zero-order valence-corrected chi connectivity index (χ0v) is 14.5. The average molecular weight is 353 g/mol. The van der Waals surface area contributed by atoms with Gasteiger partial charge in [0.15, 0.2) is 0 Å². The van der Waals surface area contributed by atoms with Gasteiger partial charge in [0.25, 0.3) is 0 Å². The van der Waals surface area contributed by atoms with Crippen LogP contribution < -0.4 is 5.32 Å². The molecule has 2 amide bonds. The van der Waals surface area contributed by atoms with Crippen molar-refractivity contribution in [2.75, 3.05) is 24.2 Å². The van der Waals surface area contributed by atoms with Gasteiger partial charge in [-0.3, -0.25) is 14.6 Å². The lowest BCUT2D eigenvalue weighted by Gasteiger charge is -2.30. The van der Waals surface area contributed by atoms with Crippen LogP contribution in [0.2, 0.25) is 0 Å². The summed E-state index contributed by atoms with van der Waals surface area (Å²) in [6.07, 6.45) is 4.80. The molecule has 1 aliphatic heterocycles. The van der Waals surface area contributed by atoms with Crippen molar-refractivity contribution in [3.63, 3.8) is 0 Å². The fraction of sp³-hybridized carbons (Fsp3) is 0.211. The van der Waals surface area contributed by atoms with Crippen LogP contribution in [0.1, 0.15) is 0 Å². The molecule has 1 aromatic carbocycles. The Balaban J connectivity index is 1.63. The Kier molecular flexibility index (Phi) is 5.50. The minimum Gasteiger partial charge on any atom is -0.337 e. The summed E-state index contributed by atoms with van der Waals surface area (Å²) < 4.78 is 0. The number of thioether (sulfide) groups is 1. The lowest BCUT2D eigenvalue weighted by molar-refractivity contribution is -0.126. The van der Waals surface area contributed by atoms with Crippen LogP contribution >= 0.6 is 11.8 Å². The van der Waals surface area contributed by atoms with E-state index in [-0.39, 0.29) is 17.1 Å². The highest BCUT2D eigenvalue weighted by Crippen LogP contribution is 2.23. The Bertz CT molecular complexity index is 762. The number of nitrogens with zero attached hydrogens (tertiary/aromatic N) is 2. The summed E-state index contributed by atoms with van der Waals surface area (Å²) in [6.45, 7) is 4.57. The van der Waals surface area contributed by atoms with Crippen LogP contribution in [-0.4, -0.2) is 45.8 Å². The topological polar surface area (TPSA) is 62.3 Å². The van der Waals surface area contributed by atoms with E-state index in [1.165, 1.54) is 6.08 Å². The maximum absolute atomic E-state index is 12.5. The van der Waals surface area contributed by atoms with Crippen molar-refractivity contribution in [3.8, 4) is 11.1 Å². The number of hydrogen-bond donors (Lipinski definition) is 1. The molecule has 2 aromatic rings. The lowest BCUT2D eigenvalue weighted by Crippen LogP contribution is -2.45. The normalized spacial score (nSPS) is 17.0. The molecule has 1 unspecified atom stereocenters. The van der Waals surface area contributed by atoms with E-state index < -0.39 is 0 Å². The number of nitrogens with one attached hydrogen (secondary N) is 1. The first-order valence-corrected chi connectivity index (χ1v) is 9.06. The van der Waals surface area contributed by atoms with Gasteiger partial charge in [0.2, 0.25) is 11.8 Å². The second kappa shape index (κ2) is 7.98. The number of rotatable bonds is 4. The van der Waals surface area contributed by atoms with Gasteiger partial charge in [-0.2, -0.15) is 0 Å². The van der Waals surface area contributed by atoms with Gasteiger partial charge in [-0.15, -0.1) is 11.8 Å². The molecule has 1 aromatic heterocycles. The van der Waals surface area contributed by atoms with Crippen LogP contribution in [-0.2, 0) is 9.59 Å². The molecule has 1 saturated heterocycles. The second-order valence-corrected chi connectivity index (χ2v) is 6.96. The standard InChI is InChI=1S/C19H19N3O2S/c1-2-18(23)22-11-12-25-17(13-22)19(24)21-16-5-3-14(4-6-16)15-7-9-20-10-8-15/h2-10,17H,1,11-13H2,(H,21,24). The molecule has 5 nitrogen and oxygen atoms in total. The highest BCUT2D eigenvalue weighted by atomic mass is 32.2. The lowest BCUT2D eigenvalue weighted by atomic mass is 10.1. The van der Waals surface area contributed by atoms with Crippen LogP contribution in [0.25, 0.3) is 11.1 Å². The Morgan fingerprint density at radius 2 is 1.84 bits per heavy atom. The van der Waals surface area contributed by atoms with E-state index in [4.69, 9.17) is 0 Å². The first kappa shape index (κ1) is 17.2. The number of pyridine rings is 1. The Morgan fingerprint density at radius 1 is 1.16 bits per heavy atom. The van der Waals surface area contributed by atoms with E-state index in [2.05, 4.69) is 16.9 Å². The van der Waals surface area contributed by atoms with E-state index in [1.807, 2.05) is 36.4 Å². The van der Waals surface area contributed by atoms with Gasteiger partial charge in [0.1, 0.15) is 5.25 Å². The summed E-state index contributed by atoms with van der Waals surface area (Å²) in [4.78, 5) is 29.9. The molecule has 3 rings (SSSR count). The van der Waals surface area contributed by atoms with Crippen molar-refractivity contribution in [2.45, 2.75) is 5.25 Å². The number of amides is 2. The highest BCUT2D eigenvalue weighted by Gasteiger charge is 2.28. The van der Waals surface area contributed by atoms with Gasteiger partial charge >= 0.3 is 0 Å². The number of anilines is 1. The molecule has 0 saturated carbocycles. The summed E-state index contributed by atoms with van der Waals surface area (Å²) >= 11 is 1.58. The molecule has 6 heteroatoms. The molecule has 25 heavy (non-hydrogen) atoms. The smallest absolute Gasteiger partial charge is 0.246 e. The fourth-order valence-corrected chi connectivity index (χ4v) is 3.76. The van der Waals surface area contributed by atoms with Gasteiger partial charge in [0.05, 0.1) is 0 Å². The Morgan fingerprint density at radius 3 is 2.52 bits per heavy atom. The van der Waals surface area contributed by atoms with Crippen LogP contribution in [0.15, 0.2) is 61.4 Å². The summed E-state index contributed by atoms with van der Waals surface area (Å²) in [5.41, 5.74) is 2.89. The van der Waals surface area contributed by atoms with Gasteiger partial charge in [-0.25, -0.2) is 0 Å². The van der Waals surface area contributed by atoms with Gasteiger partial charge < -0.3 is 10.2 Å². The minimum absolute atomic E-state index is 0.0803. The van der Waals surface area contributed by atoms with Crippen LogP contribution in [0.4, 0.5) is 5.69 Å². The maximum atomic E-state index is 12.5. The molecule has 1 N–H and O–H groups in total. The number of carbonyl (C=O) groups is 2. The Hall–Kier alpha value is -2.60. The van der Waals surface area contributed by atoms with E-state index in [0.29, 0.717) is 13.1 Å². The third-order valence-electron chi connectivity index (χ3n) is 4.01. The van der Waals surface area contributed by atoms with Gasteiger partial charge in [-0.05, 0) is 41.5 Å². The predicted molar refractivity (Wildman–Crippen MR) is 101 cm³/mol. The van der Waals surface area contributed by atoms with Crippen molar-refractivity contribution < 1.29 is 9.59 Å². The molecule has 0 bridgehead atoms. The van der Waals surface area contributed by atoms with Gasteiger partial charge in [0, 0.05) is 36.9 Å². The van der Waals surface area contributed by atoms with Crippen molar-refractivity contribution in [1.82, 2.24) is 9.88 Å². The number of benzene rings is 1. The van der Waals surface area contributed by atoms with E-state index in [9.17, 15) is 9.59 Å². The Labute approximate surface area is 151 Å². The monoisotopic (exact) mass is 353 g/mol. The highest BCUT2D eigenvalue weighted by molar-refractivity contribution is 8.00. The summed E-state index contributed by atoms with van der Waals surface area (Å²) in [7, 11) is 0. The number of aromatic nitrogens is 1. The van der Waals surface area contributed by atoms with Crippen molar-refractivity contribution >= 4 is 29.3 Å². The summed E-state index contributed by atoms with van der Waals surface area (Å²) in [5.74, 6) is 0.543. The molecular weight excluding hydrogens is 334 g/mol. The predicted octanol–water partition coefficient (Wildman–Crippen LogP) is 2.82. The minimum atomic E-state index is -0.266. The summed E-state index contributed by atoms with van der Waals surface area (Å²) in [5, 5.41) is 2.67. The molecular formula is C19H19N3O2S. The second-order valence-electron chi connectivity index (χ2n) is 5.65. The zero-order valence-electron chi connectivity index (χ0n) is 13.7. The first-order chi connectivity index (χ1) is 12.2. The molecule has 128 valence electrons. The van der Waals surface area contributed by atoms with Gasteiger partial charge in [-0.1, -0.05) is 18.7 Å². The van der Waals surface area contributed by atoms with E-state index in [1.54, 1.807) is 29.1 Å². The third-order valence-corrected chi connectivity index (χ3v) is 5.20. The SMILES string of the molecule is C=CC(=O)N1CCSC(C(=O)Nc2ccc(-c3ccncc3)cc2)C1. The van der Waals surface area contributed by atoms with Crippen molar-refractivity contribution in [1.29, 1.82) is 0 Å². The van der Waals surface area contributed by atoms with Crippen molar-refractivity contribution in [2.24, 2.45) is 0 Å². The molecule has 0 aliphatic carbocycles. The summed E-state index contributed by atoms with van der Waals surface area (Å²) in [6, 6.07) is 11.6. The van der Waals surface area contributed by atoms with Crippen LogP contribution in [0, 0.1) is 0 Å². The quantitative estimate of drug-likeness (QED) is 0.859. The molecule has 1 aliphatic rings. The van der Waals surface area contributed by atoms with Crippen molar-refractivity contribution in [3.05, 3.63) is 61.4 Å². The zero-order chi connectivity index (χ0) is 17.6. The first-order valence-electron chi connectivity index (χ1n) is 8.01. The van der Waals surface area contributed by atoms with E-state index in [0.717, 1.165) is 22.6 Å². The maximum Gasteiger partial charge on any atom is 0.246 e. The third kappa shape index (κ3) is 4.28. The van der Waals surface area contributed by atoms with E-state index >= 15 is 0 Å². The van der Waals surface area contributed by atoms with Crippen LogP contribution in [0.3, 0.4) is 0 Å². The fourth-order valence-electron chi connectivity index (χ4n) is 2.65. The molecule has 1 fully saturated rings. The number of hydrogen-bond acceptors (Lipinski definition) is 4. The number of carbonyl (C=O) groups excluding carboxylic acids is 2. The molecule has 2 heterocycles. The van der Waals surface area contributed by atoms with Crippen LogP contribution in [0.5, 0.6) is 0 Å². The average Bonchev–Trinajstić information content (AvgIpc) is 2.68. The molecule has 0 radical (unpaired) electrons. The molecule has 1 atom stereocenters.